The molecule has 0 aliphatic heterocycles. The third-order valence-electron chi connectivity index (χ3n) is 2.24. The summed E-state index contributed by atoms with van der Waals surface area (Å²) in [6.45, 7) is 7.93. The number of aliphatic hydroxyl groups excluding tert-OH is 1. The molecule has 1 heterocycles. The first-order valence-electron chi connectivity index (χ1n) is 5.95. The number of nitrogens with zero attached hydrogens (tertiary/aromatic N) is 1. The van der Waals surface area contributed by atoms with E-state index in [9.17, 15) is 9.90 Å². The molecule has 1 rings (SSSR count). The molecule has 100 valence electrons. The fraction of sp³-hybridized carbons (Fsp3) is 0.538. The lowest BCUT2D eigenvalue weighted by atomic mass is 10.1. The van der Waals surface area contributed by atoms with Crippen LogP contribution in [0.3, 0.4) is 0 Å². The standard InChI is InChI=1S/C13H21N3O2/c1-9(17)15-12-7-5-6-10(16-12)11(18)8-14-13(2,3)4/h5-7,11,14,18H,8H2,1-4H3,(H,15,16,17)/t11-/m0/s1. The highest BCUT2D eigenvalue weighted by Crippen LogP contribution is 2.13. The lowest BCUT2D eigenvalue weighted by Gasteiger charge is -2.22. The molecule has 1 aromatic rings. The third-order valence-corrected chi connectivity index (χ3v) is 2.24. The van der Waals surface area contributed by atoms with Gasteiger partial charge >= 0.3 is 0 Å². The van der Waals surface area contributed by atoms with Gasteiger partial charge in [0, 0.05) is 19.0 Å². The smallest absolute Gasteiger partial charge is 0.222 e. The molecule has 5 nitrogen and oxygen atoms in total. The SMILES string of the molecule is CC(=O)Nc1cccc([C@@H](O)CNC(C)(C)C)n1. The van der Waals surface area contributed by atoms with Crippen LogP contribution in [0.25, 0.3) is 0 Å². The van der Waals surface area contributed by atoms with Crippen molar-refractivity contribution in [3.05, 3.63) is 23.9 Å². The van der Waals surface area contributed by atoms with E-state index in [4.69, 9.17) is 0 Å². The summed E-state index contributed by atoms with van der Waals surface area (Å²) in [5.41, 5.74) is 0.481. The van der Waals surface area contributed by atoms with Gasteiger partial charge in [0.2, 0.25) is 5.91 Å². The molecule has 0 saturated carbocycles. The van der Waals surface area contributed by atoms with E-state index < -0.39 is 6.10 Å². The van der Waals surface area contributed by atoms with Gasteiger partial charge in [0.1, 0.15) is 11.9 Å². The average Bonchev–Trinajstić information content (AvgIpc) is 2.24. The first kappa shape index (κ1) is 14.6. The van der Waals surface area contributed by atoms with Crippen LogP contribution < -0.4 is 10.6 Å². The molecule has 0 bridgehead atoms. The summed E-state index contributed by atoms with van der Waals surface area (Å²) >= 11 is 0. The van der Waals surface area contributed by atoms with Crippen molar-refractivity contribution in [3.8, 4) is 0 Å². The van der Waals surface area contributed by atoms with Crippen molar-refractivity contribution >= 4 is 11.7 Å². The Bertz CT molecular complexity index is 413. The summed E-state index contributed by atoms with van der Waals surface area (Å²) in [6, 6.07) is 5.18. The maximum atomic E-state index is 10.9. The molecule has 1 amide bonds. The van der Waals surface area contributed by atoms with Crippen LogP contribution in [0.4, 0.5) is 5.82 Å². The minimum atomic E-state index is -0.696. The molecule has 5 heteroatoms. The molecule has 0 aromatic carbocycles. The van der Waals surface area contributed by atoms with Gasteiger partial charge in [-0.3, -0.25) is 4.79 Å². The van der Waals surface area contributed by atoms with E-state index in [0.717, 1.165) is 0 Å². The van der Waals surface area contributed by atoms with Gasteiger partial charge in [0.25, 0.3) is 0 Å². The van der Waals surface area contributed by atoms with Crippen molar-refractivity contribution in [2.24, 2.45) is 0 Å². The maximum absolute atomic E-state index is 10.9. The predicted octanol–water partition coefficient (Wildman–Crippen LogP) is 1.46. The van der Waals surface area contributed by atoms with E-state index >= 15 is 0 Å². The van der Waals surface area contributed by atoms with Crippen LogP contribution in [-0.4, -0.2) is 28.1 Å². The summed E-state index contributed by atoms with van der Waals surface area (Å²) < 4.78 is 0. The number of pyridine rings is 1. The molecule has 0 spiro atoms. The number of hydrogen-bond acceptors (Lipinski definition) is 4. The number of nitrogens with one attached hydrogen (secondary N) is 2. The Labute approximate surface area is 108 Å². The normalized spacial score (nSPS) is 13.2. The fourth-order valence-corrected chi connectivity index (χ4v) is 1.39. The molecular formula is C13H21N3O2. The Hall–Kier alpha value is -1.46. The quantitative estimate of drug-likeness (QED) is 0.757. The van der Waals surface area contributed by atoms with E-state index in [2.05, 4.69) is 15.6 Å². The minimum absolute atomic E-state index is 0.0593. The summed E-state index contributed by atoms with van der Waals surface area (Å²) in [5, 5.41) is 15.8. The second kappa shape index (κ2) is 5.93. The number of β-amino-alcohol motifs (C(OH)–C–C–N with tert-alkyl or cyclic N) is 1. The summed E-state index contributed by atoms with van der Waals surface area (Å²) in [7, 11) is 0. The van der Waals surface area contributed by atoms with Crippen LogP contribution in [0.2, 0.25) is 0 Å². The molecule has 3 N–H and O–H groups in total. The van der Waals surface area contributed by atoms with E-state index in [1.54, 1.807) is 18.2 Å². The maximum Gasteiger partial charge on any atom is 0.222 e. The van der Waals surface area contributed by atoms with E-state index in [-0.39, 0.29) is 11.4 Å². The lowest BCUT2D eigenvalue weighted by molar-refractivity contribution is -0.114. The molecule has 0 saturated heterocycles. The van der Waals surface area contributed by atoms with Gasteiger partial charge in [0.05, 0.1) is 5.69 Å². The first-order valence-corrected chi connectivity index (χ1v) is 5.95. The van der Waals surface area contributed by atoms with Crippen LogP contribution in [0, 0.1) is 0 Å². The molecule has 1 aromatic heterocycles. The average molecular weight is 251 g/mol. The monoisotopic (exact) mass is 251 g/mol. The molecule has 0 fully saturated rings. The Morgan fingerprint density at radius 3 is 2.67 bits per heavy atom. The number of rotatable bonds is 4. The fourth-order valence-electron chi connectivity index (χ4n) is 1.39. The second-order valence-corrected chi connectivity index (χ2v) is 5.28. The predicted molar refractivity (Wildman–Crippen MR) is 71.3 cm³/mol. The zero-order valence-corrected chi connectivity index (χ0v) is 11.3. The first-order chi connectivity index (χ1) is 8.28. The number of hydrogen-bond donors (Lipinski definition) is 3. The number of amides is 1. The van der Waals surface area contributed by atoms with Gasteiger partial charge in [-0.25, -0.2) is 4.98 Å². The van der Waals surface area contributed by atoms with Gasteiger partial charge in [-0.15, -0.1) is 0 Å². The van der Waals surface area contributed by atoms with Crippen molar-refractivity contribution in [2.45, 2.75) is 39.3 Å². The van der Waals surface area contributed by atoms with Gasteiger partial charge in [-0.2, -0.15) is 0 Å². The number of aromatic nitrogens is 1. The zero-order valence-electron chi connectivity index (χ0n) is 11.3. The molecule has 0 unspecified atom stereocenters. The molecule has 0 aliphatic rings. The molecule has 1 atom stereocenters. The Balaban J connectivity index is 2.68. The van der Waals surface area contributed by atoms with Crippen LogP contribution in [0.5, 0.6) is 0 Å². The summed E-state index contributed by atoms with van der Waals surface area (Å²) in [5.74, 6) is 0.275. The highest BCUT2D eigenvalue weighted by molar-refractivity contribution is 5.87. The topological polar surface area (TPSA) is 74.2 Å². The van der Waals surface area contributed by atoms with Crippen molar-refractivity contribution in [1.29, 1.82) is 0 Å². The van der Waals surface area contributed by atoms with E-state index in [1.165, 1.54) is 6.92 Å². The third kappa shape index (κ3) is 5.25. The van der Waals surface area contributed by atoms with Crippen molar-refractivity contribution in [1.82, 2.24) is 10.3 Å². The van der Waals surface area contributed by atoms with Crippen molar-refractivity contribution in [3.63, 3.8) is 0 Å². The molecule has 0 aliphatic carbocycles. The Morgan fingerprint density at radius 1 is 1.44 bits per heavy atom. The Kier molecular flexibility index (Phi) is 4.81. The number of carbonyl (C=O) groups is 1. The highest BCUT2D eigenvalue weighted by atomic mass is 16.3. The van der Waals surface area contributed by atoms with Gasteiger partial charge < -0.3 is 15.7 Å². The summed E-state index contributed by atoms with van der Waals surface area (Å²) in [4.78, 5) is 15.1. The Morgan fingerprint density at radius 2 is 2.11 bits per heavy atom. The molecule has 0 radical (unpaired) electrons. The number of aliphatic hydroxyl groups is 1. The van der Waals surface area contributed by atoms with E-state index in [1.807, 2.05) is 20.8 Å². The highest BCUT2D eigenvalue weighted by Gasteiger charge is 2.14. The van der Waals surface area contributed by atoms with Gasteiger partial charge in [-0.1, -0.05) is 6.07 Å². The van der Waals surface area contributed by atoms with Crippen molar-refractivity contribution in [2.75, 3.05) is 11.9 Å². The lowest BCUT2D eigenvalue weighted by Crippen LogP contribution is -2.38. The molecule has 18 heavy (non-hydrogen) atoms. The number of carbonyl (C=O) groups excluding carboxylic acids is 1. The number of anilines is 1. The van der Waals surface area contributed by atoms with Crippen molar-refractivity contribution < 1.29 is 9.90 Å². The van der Waals surface area contributed by atoms with Crippen LogP contribution in [0.1, 0.15) is 39.5 Å². The van der Waals surface area contributed by atoms with Crippen LogP contribution in [0.15, 0.2) is 18.2 Å². The van der Waals surface area contributed by atoms with Gasteiger partial charge in [0.15, 0.2) is 0 Å². The summed E-state index contributed by atoms with van der Waals surface area (Å²) in [6.07, 6.45) is -0.696. The second-order valence-electron chi connectivity index (χ2n) is 5.28. The largest absolute Gasteiger partial charge is 0.385 e. The zero-order chi connectivity index (χ0) is 13.8. The van der Waals surface area contributed by atoms with Gasteiger partial charge in [-0.05, 0) is 32.9 Å². The molecular weight excluding hydrogens is 230 g/mol. The minimum Gasteiger partial charge on any atom is -0.385 e. The van der Waals surface area contributed by atoms with Crippen LogP contribution >= 0.6 is 0 Å². The van der Waals surface area contributed by atoms with E-state index in [0.29, 0.717) is 18.1 Å². The van der Waals surface area contributed by atoms with Crippen LogP contribution in [-0.2, 0) is 4.79 Å².